The SMILES string of the molecule is O=C(NCc1cccnc1)Nc1nc2ccc(Cl)cc2s1. The molecule has 21 heavy (non-hydrogen) atoms. The molecule has 5 nitrogen and oxygen atoms in total. The van der Waals surface area contributed by atoms with Crippen molar-refractivity contribution in [3.05, 3.63) is 53.3 Å². The van der Waals surface area contributed by atoms with Gasteiger partial charge < -0.3 is 5.32 Å². The number of halogens is 1. The van der Waals surface area contributed by atoms with Crippen molar-refractivity contribution < 1.29 is 4.79 Å². The molecule has 0 unspecified atom stereocenters. The van der Waals surface area contributed by atoms with Crippen LogP contribution in [0.5, 0.6) is 0 Å². The van der Waals surface area contributed by atoms with E-state index in [2.05, 4.69) is 20.6 Å². The van der Waals surface area contributed by atoms with Crippen molar-refractivity contribution in [3.63, 3.8) is 0 Å². The highest BCUT2D eigenvalue weighted by atomic mass is 35.5. The summed E-state index contributed by atoms with van der Waals surface area (Å²) in [4.78, 5) is 20.1. The van der Waals surface area contributed by atoms with E-state index in [-0.39, 0.29) is 6.03 Å². The van der Waals surface area contributed by atoms with Crippen LogP contribution in [0.25, 0.3) is 10.2 Å². The number of amides is 2. The molecule has 0 saturated heterocycles. The lowest BCUT2D eigenvalue weighted by atomic mass is 10.3. The number of carbonyl (C=O) groups excluding carboxylic acids is 1. The topological polar surface area (TPSA) is 66.9 Å². The van der Waals surface area contributed by atoms with Gasteiger partial charge in [-0.25, -0.2) is 9.78 Å². The van der Waals surface area contributed by atoms with Crippen LogP contribution < -0.4 is 10.6 Å². The first-order valence-electron chi connectivity index (χ1n) is 6.20. The molecule has 0 aliphatic carbocycles. The lowest BCUT2D eigenvalue weighted by Gasteiger charge is -2.04. The molecule has 0 spiro atoms. The third-order valence-corrected chi connectivity index (χ3v) is 3.92. The summed E-state index contributed by atoms with van der Waals surface area (Å²) in [6.07, 6.45) is 3.40. The molecule has 0 atom stereocenters. The summed E-state index contributed by atoms with van der Waals surface area (Å²) in [6, 6.07) is 8.85. The number of urea groups is 1. The number of hydrogen-bond acceptors (Lipinski definition) is 4. The maximum absolute atomic E-state index is 11.8. The van der Waals surface area contributed by atoms with Crippen molar-refractivity contribution >= 4 is 44.3 Å². The van der Waals surface area contributed by atoms with E-state index in [0.29, 0.717) is 16.7 Å². The average Bonchev–Trinajstić information content (AvgIpc) is 2.87. The highest BCUT2D eigenvalue weighted by Crippen LogP contribution is 2.28. The highest BCUT2D eigenvalue weighted by Gasteiger charge is 2.07. The first kappa shape index (κ1) is 13.8. The summed E-state index contributed by atoms with van der Waals surface area (Å²) >= 11 is 7.31. The standard InChI is InChI=1S/C14H11ClN4OS/c15-10-3-4-11-12(6-10)21-14(18-11)19-13(20)17-8-9-2-1-5-16-7-9/h1-7H,8H2,(H2,17,18,19,20). The first-order valence-corrected chi connectivity index (χ1v) is 7.40. The molecular formula is C14H11ClN4OS. The van der Waals surface area contributed by atoms with Gasteiger partial charge in [0.1, 0.15) is 0 Å². The van der Waals surface area contributed by atoms with E-state index in [4.69, 9.17) is 11.6 Å². The predicted octanol–water partition coefficient (Wildman–Crippen LogP) is 3.67. The maximum Gasteiger partial charge on any atom is 0.321 e. The number of nitrogens with one attached hydrogen (secondary N) is 2. The fraction of sp³-hybridized carbons (Fsp3) is 0.0714. The highest BCUT2D eigenvalue weighted by molar-refractivity contribution is 7.22. The van der Waals surface area contributed by atoms with E-state index in [1.165, 1.54) is 11.3 Å². The summed E-state index contributed by atoms with van der Waals surface area (Å²) in [7, 11) is 0. The Morgan fingerprint density at radius 3 is 3.05 bits per heavy atom. The third kappa shape index (κ3) is 3.48. The zero-order valence-electron chi connectivity index (χ0n) is 10.8. The van der Waals surface area contributed by atoms with E-state index in [0.717, 1.165) is 15.8 Å². The minimum absolute atomic E-state index is 0.302. The van der Waals surface area contributed by atoms with Crippen LogP contribution in [0.2, 0.25) is 5.02 Å². The Labute approximate surface area is 130 Å². The van der Waals surface area contributed by atoms with Crippen molar-refractivity contribution in [2.75, 3.05) is 5.32 Å². The molecule has 2 amide bonds. The molecule has 0 fully saturated rings. The summed E-state index contributed by atoms with van der Waals surface area (Å²) in [5.74, 6) is 0. The van der Waals surface area contributed by atoms with Crippen molar-refractivity contribution in [2.45, 2.75) is 6.54 Å². The summed E-state index contributed by atoms with van der Waals surface area (Å²) in [5, 5.41) is 6.66. The van der Waals surface area contributed by atoms with E-state index >= 15 is 0 Å². The smallest absolute Gasteiger partial charge is 0.321 e. The quantitative estimate of drug-likeness (QED) is 0.774. The number of anilines is 1. The van der Waals surface area contributed by atoms with Crippen LogP contribution in [0.4, 0.5) is 9.93 Å². The lowest BCUT2D eigenvalue weighted by molar-refractivity contribution is 0.251. The fourth-order valence-corrected chi connectivity index (χ4v) is 2.92. The van der Waals surface area contributed by atoms with Crippen molar-refractivity contribution in [2.24, 2.45) is 0 Å². The van der Waals surface area contributed by atoms with Gasteiger partial charge in [-0.3, -0.25) is 10.3 Å². The van der Waals surface area contributed by atoms with Gasteiger partial charge in [-0.2, -0.15) is 0 Å². The number of hydrogen-bond donors (Lipinski definition) is 2. The summed E-state index contributed by atoms with van der Waals surface area (Å²) < 4.78 is 0.935. The normalized spacial score (nSPS) is 10.5. The molecule has 7 heteroatoms. The van der Waals surface area contributed by atoms with Gasteiger partial charge in [0.15, 0.2) is 5.13 Å². The molecule has 0 aliphatic rings. The lowest BCUT2D eigenvalue weighted by Crippen LogP contribution is -2.28. The third-order valence-electron chi connectivity index (χ3n) is 2.75. The molecule has 3 rings (SSSR count). The van der Waals surface area contributed by atoms with E-state index in [9.17, 15) is 4.79 Å². The molecule has 0 aliphatic heterocycles. The molecule has 3 aromatic rings. The molecule has 2 N–H and O–H groups in total. The van der Waals surface area contributed by atoms with Crippen LogP contribution in [0, 0.1) is 0 Å². The molecule has 106 valence electrons. The minimum atomic E-state index is -0.302. The van der Waals surface area contributed by atoms with Gasteiger partial charge in [0.25, 0.3) is 0 Å². The Kier molecular flexibility index (Phi) is 3.98. The Morgan fingerprint density at radius 1 is 1.33 bits per heavy atom. The van der Waals surface area contributed by atoms with Gasteiger partial charge >= 0.3 is 6.03 Å². The van der Waals surface area contributed by atoms with E-state index < -0.39 is 0 Å². The minimum Gasteiger partial charge on any atom is -0.334 e. The van der Waals surface area contributed by atoms with Gasteiger partial charge in [-0.1, -0.05) is 29.0 Å². The second kappa shape index (κ2) is 6.07. The van der Waals surface area contributed by atoms with E-state index in [1.807, 2.05) is 24.3 Å². The van der Waals surface area contributed by atoms with Crippen LogP contribution in [0.1, 0.15) is 5.56 Å². The number of rotatable bonds is 3. The zero-order chi connectivity index (χ0) is 14.7. The van der Waals surface area contributed by atoms with Crippen LogP contribution in [-0.4, -0.2) is 16.0 Å². The molecular weight excluding hydrogens is 308 g/mol. The van der Waals surface area contributed by atoms with Gasteiger partial charge in [0, 0.05) is 24.0 Å². The van der Waals surface area contributed by atoms with Crippen LogP contribution in [0.3, 0.4) is 0 Å². The number of thiazole rings is 1. The number of benzene rings is 1. The molecule has 1 aromatic carbocycles. The molecule has 0 bridgehead atoms. The number of nitrogens with zero attached hydrogens (tertiary/aromatic N) is 2. The van der Waals surface area contributed by atoms with Gasteiger partial charge in [-0.05, 0) is 29.8 Å². The fourth-order valence-electron chi connectivity index (χ4n) is 1.78. The second-order valence-corrected chi connectivity index (χ2v) is 5.77. The van der Waals surface area contributed by atoms with Crippen molar-refractivity contribution in [1.82, 2.24) is 15.3 Å². The van der Waals surface area contributed by atoms with Crippen molar-refractivity contribution in [3.8, 4) is 0 Å². The van der Waals surface area contributed by atoms with Crippen LogP contribution in [-0.2, 0) is 6.54 Å². The zero-order valence-corrected chi connectivity index (χ0v) is 12.4. The monoisotopic (exact) mass is 318 g/mol. The van der Waals surface area contributed by atoms with Gasteiger partial charge in [-0.15, -0.1) is 0 Å². The Morgan fingerprint density at radius 2 is 2.24 bits per heavy atom. The number of aromatic nitrogens is 2. The van der Waals surface area contributed by atoms with Crippen LogP contribution in [0.15, 0.2) is 42.7 Å². The summed E-state index contributed by atoms with van der Waals surface area (Å²) in [6.45, 7) is 0.413. The average molecular weight is 319 g/mol. The van der Waals surface area contributed by atoms with Gasteiger partial charge in [0.2, 0.25) is 0 Å². The molecule has 0 radical (unpaired) electrons. The number of fused-ring (bicyclic) bond motifs is 1. The molecule has 2 aromatic heterocycles. The first-order chi connectivity index (χ1) is 10.2. The summed E-state index contributed by atoms with van der Waals surface area (Å²) in [5.41, 5.74) is 1.75. The number of pyridine rings is 1. The van der Waals surface area contributed by atoms with Crippen molar-refractivity contribution in [1.29, 1.82) is 0 Å². The Bertz CT molecular complexity index is 775. The number of carbonyl (C=O) groups is 1. The van der Waals surface area contributed by atoms with Gasteiger partial charge in [0.05, 0.1) is 10.2 Å². The molecule has 2 heterocycles. The second-order valence-electron chi connectivity index (χ2n) is 4.30. The Hall–Kier alpha value is -2.18. The largest absolute Gasteiger partial charge is 0.334 e. The maximum atomic E-state index is 11.8. The molecule has 0 saturated carbocycles. The predicted molar refractivity (Wildman–Crippen MR) is 84.7 cm³/mol. The van der Waals surface area contributed by atoms with Crippen LogP contribution >= 0.6 is 22.9 Å². The van der Waals surface area contributed by atoms with E-state index in [1.54, 1.807) is 18.5 Å². The Balaban J connectivity index is 1.63.